The summed E-state index contributed by atoms with van der Waals surface area (Å²) < 4.78 is 42.5. The average Bonchev–Trinajstić information content (AvgIpc) is 3.06. The Bertz CT molecular complexity index is 826. The molecular weight excluding hydrogens is 331 g/mol. The van der Waals surface area contributed by atoms with Crippen LogP contribution in [-0.2, 0) is 16.6 Å². The Kier molecular flexibility index (Phi) is 4.69. The number of piperidine rings is 1. The average molecular weight is 352 g/mol. The second kappa shape index (κ2) is 6.60. The molecule has 0 N–H and O–H groups in total. The van der Waals surface area contributed by atoms with Gasteiger partial charge in [-0.1, -0.05) is 6.07 Å². The molecule has 0 aliphatic carbocycles. The first kappa shape index (κ1) is 17.0. The first-order chi connectivity index (χ1) is 11.4. The molecule has 0 unspecified atom stereocenters. The van der Waals surface area contributed by atoms with Crippen LogP contribution < -0.4 is 0 Å². The molecule has 8 heteroatoms. The van der Waals surface area contributed by atoms with Crippen molar-refractivity contribution in [3.8, 4) is 0 Å². The number of aromatic nitrogens is 3. The summed E-state index contributed by atoms with van der Waals surface area (Å²) in [6.45, 7) is 5.24. The van der Waals surface area contributed by atoms with Crippen LogP contribution in [0.1, 0.15) is 37.1 Å². The first-order valence-electron chi connectivity index (χ1n) is 8.07. The Labute approximate surface area is 141 Å². The molecule has 3 rings (SSSR count). The van der Waals surface area contributed by atoms with Crippen LogP contribution in [0.5, 0.6) is 0 Å². The minimum absolute atomic E-state index is 0.0146. The first-order valence-corrected chi connectivity index (χ1v) is 9.51. The number of hydrogen-bond donors (Lipinski definition) is 0. The van der Waals surface area contributed by atoms with Gasteiger partial charge in [0.05, 0.1) is 4.90 Å². The molecule has 1 aromatic heterocycles. The van der Waals surface area contributed by atoms with Gasteiger partial charge in [0.15, 0.2) is 0 Å². The Hall–Kier alpha value is -1.80. The standard InChI is InChI=1S/C16H21FN4O2S/c1-3-20-11-18-19-16(20)13-6-8-21(9-7-13)24(22,23)14-5-4-12(2)15(17)10-14/h4-5,10-11,13H,3,6-9H2,1-2H3. The van der Waals surface area contributed by atoms with Crippen molar-refractivity contribution < 1.29 is 12.8 Å². The van der Waals surface area contributed by atoms with Gasteiger partial charge in [-0.05, 0) is 44.4 Å². The third-order valence-electron chi connectivity index (χ3n) is 4.59. The van der Waals surface area contributed by atoms with Crippen molar-refractivity contribution in [3.05, 3.63) is 41.7 Å². The highest BCUT2D eigenvalue weighted by Crippen LogP contribution is 2.30. The van der Waals surface area contributed by atoms with E-state index in [-0.39, 0.29) is 10.8 Å². The van der Waals surface area contributed by atoms with Gasteiger partial charge < -0.3 is 4.57 Å². The zero-order valence-corrected chi connectivity index (χ0v) is 14.6. The van der Waals surface area contributed by atoms with Crippen molar-refractivity contribution >= 4 is 10.0 Å². The van der Waals surface area contributed by atoms with Gasteiger partial charge in [0.1, 0.15) is 18.0 Å². The molecule has 0 amide bonds. The van der Waals surface area contributed by atoms with E-state index in [1.54, 1.807) is 13.3 Å². The van der Waals surface area contributed by atoms with E-state index < -0.39 is 15.8 Å². The van der Waals surface area contributed by atoms with Crippen LogP contribution in [0.3, 0.4) is 0 Å². The molecule has 1 saturated heterocycles. The van der Waals surface area contributed by atoms with Crippen LogP contribution in [0.15, 0.2) is 29.4 Å². The molecule has 1 fully saturated rings. The van der Waals surface area contributed by atoms with Gasteiger partial charge in [0, 0.05) is 25.6 Å². The van der Waals surface area contributed by atoms with Gasteiger partial charge >= 0.3 is 0 Å². The SMILES string of the molecule is CCn1cnnc1C1CCN(S(=O)(=O)c2ccc(C)c(F)c2)CC1. The summed E-state index contributed by atoms with van der Waals surface area (Å²) in [7, 11) is -3.66. The number of nitrogens with zero attached hydrogens (tertiary/aromatic N) is 4. The van der Waals surface area contributed by atoms with Gasteiger partial charge in [-0.25, -0.2) is 12.8 Å². The number of rotatable bonds is 4. The quantitative estimate of drug-likeness (QED) is 0.847. The summed E-state index contributed by atoms with van der Waals surface area (Å²) >= 11 is 0. The fraction of sp³-hybridized carbons (Fsp3) is 0.500. The third kappa shape index (κ3) is 3.08. The fourth-order valence-corrected chi connectivity index (χ4v) is 4.54. The molecule has 2 aromatic rings. The highest BCUT2D eigenvalue weighted by molar-refractivity contribution is 7.89. The topological polar surface area (TPSA) is 68.1 Å². The Morgan fingerprint density at radius 3 is 2.62 bits per heavy atom. The number of benzene rings is 1. The zero-order valence-electron chi connectivity index (χ0n) is 13.8. The van der Waals surface area contributed by atoms with Gasteiger partial charge in [0.2, 0.25) is 10.0 Å². The minimum atomic E-state index is -3.66. The van der Waals surface area contributed by atoms with E-state index in [1.807, 2.05) is 11.5 Å². The molecule has 24 heavy (non-hydrogen) atoms. The van der Waals surface area contributed by atoms with Gasteiger partial charge in [-0.3, -0.25) is 0 Å². The lowest BCUT2D eigenvalue weighted by Crippen LogP contribution is -2.38. The van der Waals surface area contributed by atoms with Gasteiger partial charge in [-0.2, -0.15) is 4.31 Å². The summed E-state index contributed by atoms with van der Waals surface area (Å²) in [6.07, 6.45) is 3.08. The minimum Gasteiger partial charge on any atom is -0.318 e. The molecule has 1 aromatic carbocycles. The van der Waals surface area contributed by atoms with E-state index in [9.17, 15) is 12.8 Å². The summed E-state index contributed by atoms with van der Waals surface area (Å²) in [4.78, 5) is 0.0146. The summed E-state index contributed by atoms with van der Waals surface area (Å²) in [5, 5.41) is 8.11. The van der Waals surface area contributed by atoms with Crippen molar-refractivity contribution in [2.75, 3.05) is 13.1 Å². The molecular formula is C16H21FN4O2S. The largest absolute Gasteiger partial charge is 0.318 e. The maximum absolute atomic E-state index is 13.7. The van der Waals surface area contributed by atoms with Crippen LogP contribution >= 0.6 is 0 Å². The Morgan fingerprint density at radius 2 is 2.00 bits per heavy atom. The van der Waals surface area contributed by atoms with Crippen LogP contribution in [0.25, 0.3) is 0 Å². The summed E-state index contributed by atoms with van der Waals surface area (Å²) in [6, 6.07) is 4.07. The zero-order chi connectivity index (χ0) is 17.3. The highest BCUT2D eigenvalue weighted by Gasteiger charge is 2.31. The lowest BCUT2D eigenvalue weighted by molar-refractivity contribution is 0.309. The molecule has 0 atom stereocenters. The van der Waals surface area contributed by atoms with Crippen molar-refractivity contribution in [1.82, 2.24) is 19.1 Å². The lowest BCUT2D eigenvalue weighted by atomic mass is 9.97. The van der Waals surface area contributed by atoms with Crippen molar-refractivity contribution in [2.45, 2.75) is 44.0 Å². The predicted molar refractivity (Wildman–Crippen MR) is 87.6 cm³/mol. The number of aryl methyl sites for hydroxylation is 2. The maximum Gasteiger partial charge on any atom is 0.243 e. The highest BCUT2D eigenvalue weighted by atomic mass is 32.2. The van der Waals surface area contributed by atoms with E-state index in [1.165, 1.54) is 16.4 Å². The molecule has 2 heterocycles. The van der Waals surface area contributed by atoms with Crippen LogP contribution in [0, 0.1) is 12.7 Å². The van der Waals surface area contributed by atoms with E-state index in [0.717, 1.165) is 18.4 Å². The van der Waals surface area contributed by atoms with Crippen molar-refractivity contribution in [2.24, 2.45) is 0 Å². The van der Waals surface area contributed by atoms with E-state index in [2.05, 4.69) is 10.2 Å². The normalized spacial score (nSPS) is 17.3. The fourth-order valence-electron chi connectivity index (χ4n) is 3.06. The van der Waals surface area contributed by atoms with E-state index >= 15 is 0 Å². The van der Waals surface area contributed by atoms with E-state index in [0.29, 0.717) is 31.5 Å². The maximum atomic E-state index is 13.7. The molecule has 130 valence electrons. The second-order valence-electron chi connectivity index (χ2n) is 6.06. The molecule has 0 saturated carbocycles. The molecule has 1 aliphatic heterocycles. The Balaban J connectivity index is 1.75. The Morgan fingerprint density at radius 1 is 1.29 bits per heavy atom. The van der Waals surface area contributed by atoms with E-state index in [4.69, 9.17) is 0 Å². The van der Waals surface area contributed by atoms with Gasteiger partial charge in [0.25, 0.3) is 0 Å². The molecule has 1 aliphatic rings. The van der Waals surface area contributed by atoms with Crippen LogP contribution in [0.4, 0.5) is 4.39 Å². The van der Waals surface area contributed by atoms with Crippen molar-refractivity contribution in [1.29, 1.82) is 0 Å². The number of hydrogen-bond acceptors (Lipinski definition) is 4. The van der Waals surface area contributed by atoms with Crippen molar-refractivity contribution in [3.63, 3.8) is 0 Å². The molecule has 0 radical (unpaired) electrons. The summed E-state index contributed by atoms with van der Waals surface area (Å²) in [5.41, 5.74) is 0.437. The molecule has 0 bridgehead atoms. The van der Waals surface area contributed by atoms with Crippen LogP contribution in [-0.4, -0.2) is 40.6 Å². The molecule has 0 spiro atoms. The number of halogens is 1. The summed E-state index contributed by atoms with van der Waals surface area (Å²) in [5.74, 6) is 0.617. The smallest absolute Gasteiger partial charge is 0.243 e. The second-order valence-corrected chi connectivity index (χ2v) is 8.00. The van der Waals surface area contributed by atoms with Crippen LogP contribution in [0.2, 0.25) is 0 Å². The predicted octanol–water partition coefficient (Wildman–Crippen LogP) is 2.31. The monoisotopic (exact) mass is 352 g/mol. The van der Waals surface area contributed by atoms with Gasteiger partial charge in [-0.15, -0.1) is 10.2 Å². The number of sulfonamides is 1. The third-order valence-corrected chi connectivity index (χ3v) is 6.48. The molecule has 6 nitrogen and oxygen atoms in total. The lowest BCUT2D eigenvalue weighted by Gasteiger charge is -2.30.